The van der Waals surface area contributed by atoms with E-state index < -0.39 is 15.1 Å². The second-order valence-electron chi connectivity index (χ2n) is 3.25. The lowest BCUT2D eigenvalue weighted by Crippen LogP contribution is -2.07. The molecule has 1 atom stereocenters. The van der Waals surface area contributed by atoms with Crippen LogP contribution in [0.25, 0.3) is 0 Å². The predicted molar refractivity (Wildman–Crippen MR) is 61.5 cm³/mol. The number of hydrogen-bond donors (Lipinski definition) is 0. The summed E-state index contributed by atoms with van der Waals surface area (Å²) in [4.78, 5) is 1.10. The van der Waals surface area contributed by atoms with Gasteiger partial charge in [0.1, 0.15) is 0 Å². The van der Waals surface area contributed by atoms with E-state index in [1.165, 1.54) is 6.26 Å². The van der Waals surface area contributed by atoms with Gasteiger partial charge >= 0.3 is 0 Å². The van der Waals surface area contributed by atoms with E-state index in [1.807, 2.05) is 30.5 Å². The number of benzene rings is 1. The maximum absolute atomic E-state index is 11.3. The van der Waals surface area contributed by atoms with Crippen LogP contribution >= 0.6 is 11.8 Å². The second-order valence-corrected chi connectivity index (χ2v) is 6.49. The van der Waals surface area contributed by atoms with Gasteiger partial charge in [-0.3, -0.25) is 0 Å². The zero-order valence-electron chi connectivity index (χ0n) is 8.52. The number of thioether (sulfide) groups is 1. The van der Waals surface area contributed by atoms with Crippen molar-refractivity contribution < 1.29 is 8.42 Å². The van der Waals surface area contributed by atoms with Crippen LogP contribution in [0.15, 0.2) is 29.2 Å². The summed E-state index contributed by atoms with van der Waals surface area (Å²) in [5.41, 5.74) is 0.861. The van der Waals surface area contributed by atoms with Gasteiger partial charge < -0.3 is 0 Å². The van der Waals surface area contributed by atoms with E-state index in [4.69, 9.17) is 0 Å². The standard InChI is InChI=1S/C10H14O2S2/c1-8(14(3,11)12)9-5-4-6-10(7-9)13-2/h4-8H,1-3H3. The number of rotatable bonds is 3. The van der Waals surface area contributed by atoms with Crippen molar-refractivity contribution in [3.05, 3.63) is 29.8 Å². The summed E-state index contributed by atoms with van der Waals surface area (Å²) >= 11 is 1.62. The Morgan fingerprint density at radius 2 is 2.00 bits per heavy atom. The van der Waals surface area contributed by atoms with Gasteiger partial charge in [-0.2, -0.15) is 0 Å². The Hall–Kier alpha value is -0.480. The third kappa shape index (κ3) is 2.75. The lowest BCUT2D eigenvalue weighted by Gasteiger charge is -2.10. The highest BCUT2D eigenvalue weighted by Gasteiger charge is 2.16. The Kier molecular flexibility index (Phi) is 3.61. The molecule has 0 radical (unpaired) electrons. The largest absolute Gasteiger partial charge is 0.229 e. The number of hydrogen-bond acceptors (Lipinski definition) is 3. The van der Waals surface area contributed by atoms with Crippen LogP contribution in [-0.2, 0) is 9.84 Å². The van der Waals surface area contributed by atoms with Gasteiger partial charge in [0.25, 0.3) is 0 Å². The number of sulfone groups is 1. The molecule has 0 bridgehead atoms. The van der Waals surface area contributed by atoms with E-state index in [1.54, 1.807) is 18.7 Å². The lowest BCUT2D eigenvalue weighted by atomic mass is 10.2. The van der Waals surface area contributed by atoms with Crippen LogP contribution in [0.5, 0.6) is 0 Å². The van der Waals surface area contributed by atoms with Gasteiger partial charge in [-0.25, -0.2) is 8.42 Å². The Labute approximate surface area is 89.6 Å². The van der Waals surface area contributed by atoms with Crippen LogP contribution in [0.2, 0.25) is 0 Å². The van der Waals surface area contributed by atoms with Gasteiger partial charge in [0.05, 0.1) is 5.25 Å². The third-order valence-corrected chi connectivity index (χ3v) is 4.49. The molecule has 78 valence electrons. The van der Waals surface area contributed by atoms with Crippen molar-refractivity contribution in [2.45, 2.75) is 17.1 Å². The summed E-state index contributed by atoms with van der Waals surface area (Å²) in [6.07, 6.45) is 3.24. The first-order chi connectivity index (χ1) is 6.45. The molecule has 0 saturated heterocycles. The molecule has 0 aliphatic heterocycles. The van der Waals surface area contributed by atoms with Crippen molar-refractivity contribution in [1.29, 1.82) is 0 Å². The average molecular weight is 230 g/mol. The van der Waals surface area contributed by atoms with Crippen molar-refractivity contribution >= 4 is 21.6 Å². The molecular weight excluding hydrogens is 216 g/mol. The quantitative estimate of drug-likeness (QED) is 0.748. The SMILES string of the molecule is CSc1cccc(C(C)S(C)(=O)=O)c1. The van der Waals surface area contributed by atoms with E-state index in [9.17, 15) is 8.42 Å². The molecule has 0 heterocycles. The van der Waals surface area contributed by atoms with Gasteiger partial charge in [0.2, 0.25) is 0 Å². The summed E-state index contributed by atoms with van der Waals surface area (Å²) in [6, 6.07) is 7.65. The summed E-state index contributed by atoms with van der Waals surface area (Å²) in [5.74, 6) is 0. The molecule has 2 nitrogen and oxygen atoms in total. The van der Waals surface area contributed by atoms with Crippen molar-refractivity contribution in [2.75, 3.05) is 12.5 Å². The highest BCUT2D eigenvalue weighted by atomic mass is 32.2. The topological polar surface area (TPSA) is 34.1 Å². The van der Waals surface area contributed by atoms with Gasteiger partial charge in [-0.05, 0) is 30.9 Å². The van der Waals surface area contributed by atoms with Crippen LogP contribution in [0.3, 0.4) is 0 Å². The molecule has 0 fully saturated rings. The molecule has 0 aromatic heterocycles. The summed E-state index contributed by atoms with van der Waals surface area (Å²) in [7, 11) is -2.99. The molecule has 0 aliphatic rings. The second kappa shape index (κ2) is 4.36. The van der Waals surface area contributed by atoms with Crippen molar-refractivity contribution in [1.82, 2.24) is 0 Å². The first kappa shape index (κ1) is 11.6. The molecule has 1 aromatic carbocycles. The van der Waals surface area contributed by atoms with Crippen molar-refractivity contribution in [3.63, 3.8) is 0 Å². The van der Waals surface area contributed by atoms with E-state index in [0.717, 1.165) is 10.5 Å². The maximum Gasteiger partial charge on any atom is 0.154 e. The maximum atomic E-state index is 11.3. The van der Waals surface area contributed by atoms with E-state index in [-0.39, 0.29) is 0 Å². The fourth-order valence-corrected chi connectivity index (χ4v) is 2.25. The first-order valence-corrected chi connectivity index (χ1v) is 7.46. The first-order valence-electron chi connectivity index (χ1n) is 4.28. The van der Waals surface area contributed by atoms with Gasteiger partial charge in [0, 0.05) is 11.2 Å². The molecule has 0 saturated carbocycles. The minimum atomic E-state index is -2.99. The molecule has 0 aliphatic carbocycles. The van der Waals surface area contributed by atoms with Crippen LogP contribution in [0, 0.1) is 0 Å². The Morgan fingerprint density at radius 3 is 2.50 bits per heavy atom. The zero-order chi connectivity index (χ0) is 10.8. The van der Waals surface area contributed by atoms with Crippen molar-refractivity contribution in [3.8, 4) is 0 Å². The average Bonchev–Trinajstić information content (AvgIpc) is 2.15. The third-order valence-electron chi connectivity index (χ3n) is 2.21. The zero-order valence-corrected chi connectivity index (χ0v) is 10.2. The highest BCUT2D eigenvalue weighted by Crippen LogP contribution is 2.24. The Bertz CT molecular complexity index is 410. The minimum absolute atomic E-state index is 0.422. The molecular formula is C10H14O2S2. The fraction of sp³-hybridized carbons (Fsp3) is 0.400. The van der Waals surface area contributed by atoms with Crippen LogP contribution < -0.4 is 0 Å². The van der Waals surface area contributed by atoms with Crippen LogP contribution in [0.4, 0.5) is 0 Å². The van der Waals surface area contributed by atoms with E-state index in [0.29, 0.717) is 0 Å². The van der Waals surface area contributed by atoms with Gasteiger partial charge in [-0.15, -0.1) is 11.8 Å². The normalized spacial score (nSPS) is 13.9. The molecule has 1 rings (SSSR count). The van der Waals surface area contributed by atoms with Crippen molar-refractivity contribution in [2.24, 2.45) is 0 Å². The van der Waals surface area contributed by atoms with E-state index in [2.05, 4.69) is 0 Å². The highest BCUT2D eigenvalue weighted by molar-refractivity contribution is 7.98. The Balaban J connectivity index is 3.08. The smallest absolute Gasteiger partial charge is 0.154 e. The molecule has 0 N–H and O–H groups in total. The summed E-state index contributed by atoms with van der Waals surface area (Å²) in [6.45, 7) is 1.72. The molecule has 0 amide bonds. The van der Waals surface area contributed by atoms with Crippen LogP contribution in [0.1, 0.15) is 17.7 Å². The van der Waals surface area contributed by atoms with E-state index >= 15 is 0 Å². The minimum Gasteiger partial charge on any atom is -0.229 e. The monoisotopic (exact) mass is 230 g/mol. The fourth-order valence-electron chi connectivity index (χ4n) is 1.14. The summed E-state index contributed by atoms with van der Waals surface area (Å²) in [5, 5.41) is -0.422. The Morgan fingerprint density at radius 1 is 1.36 bits per heavy atom. The lowest BCUT2D eigenvalue weighted by molar-refractivity contribution is 0.592. The molecule has 14 heavy (non-hydrogen) atoms. The van der Waals surface area contributed by atoms with Gasteiger partial charge in [0.15, 0.2) is 9.84 Å². The molecule has 4 heteroatoms. The van der Waals surface area contributed by atoms with Gasteiger partial charge in [-0.1, -0.05) is 12.1 Å². The molecule has 0 spiro atoms. The molecule has 1 unspecified atom stereocenters. The predicted octanol–water partition coefficient (Wildman–Crippen LogP) is 2.51. The summed E-state index contributed by atoms with van der Waals surface area (Å²) < 4.78 is 22.6. The molecule has 1 aromatic rings. The van der Waals surface area contributed by atoms with Crippen LogP contribution in [-0.4, -0.2) is 20.9 Å².